The van der Waals surface area contributed by atoms with Crippen molar-refractivity contribution in [1.82, 2.24) is 47.9 Å². The highest BCUT2D eigenvalue weighted by Gasteiger charge is 2.36. The summed E-state index contributed by atoms with van der Waals surface area (Å²) in [5.74, 6) is -10.6. The fourth-order valence-corrected chi connectivity index (χ4v) is 11.3. The Morgan fingerprint density at radius 3 is 1.23 bits per heavy atom. The summed E-state index contributed by atoms with van der Waals surface area (Å²) in [4.78, 5) is 167. The molecule has 5 aromatic rings. The Kier molecular flexibility index (Phi) is 33.3. The number of carbonyl (C=O) groups is 12. The summed E-state index contributed by atoms with van der Waals surface area (Å²) in [6.45, 7) is 5.96. The van der Waals surface area contributed by atoms with E-state index in [2.05, 4.69) is 47.9 Å². The number of primary amides is 3. The predicted molar refractivity (Wildman–Crippen MR) is 376 cm³/mol. The number of fused-ring (bicyclic) bond motifs is 2. The van der Waals surface area contributed by atoms with Crippen molar-refractivity contribution in [3.05, 3.63) is 132 Å². The lowest BCUT2D eigenvalue weighted by atomic mass is 9.97. The lowest BCUT2D eigenvalue weighted by Crippen LogP contribution is -2.61. The first-order valence-corrected chi connectivity index (χ1v) is 33.7. The van der Waals surface area contributed by atoms with Gasteiger partial charge in [-0.1, -0.05) is 136 Å². The van der Waals surface area contributed by atoms with Gasteiger partial charge in [0, 0.05) is 25.7 Å². The Bertz CT molecular complexity index is 3550. The fourth-order valence-electron chi connectivity index (χ4n) is 11.3. The molecule has 5 rings (SSSR count). The molecular formula is C71H100N16O12. The van der Waals surface area contributed by atoms with Crippen LogP contribution in [0.15, 0.2) is 115 Å². The molecule has 0 spiro atoms. The van der Waals surface area contributed by atoms with Gasteiger partial charge in [-0.3, -0.25) is 57.5 Å². The van der Waals surface area contributed by atoms with E-state index in [1.807, 2.05) is 56.3 Å². The van der Waals surface area contributed by atoms with Gasteiger partial charge in [0.15, 0.2) is 0 Å². The van der Waals surface area contributed by atoms with Gasteiger partial charge < -0.3 is 88.0 Å². The van der Waals surface area contributed by atoms with E-state index in [0.29, 0.717) is 80.1 Å². The van der Waals surface area contributed by atoms with E-state index in [-0.39, 0.29) is 51.0 Å². The van der Waals surface area contributed by atoms with E-state index < -0.39 is 151 Å². The highest BCUT2D eigenvalue weighted by Crippen LogP contribution is 2.23. The lowest BCUT2D eigenvalue weighted by Gasteiger charge is -2.28. The second-order valence-corrected chi connectivity index (χ2v) is 25.3. The van der Waals surface area contributed by atoms with Crippen LogP contribution in [-0.4, -0.2) is 151 Å². The topological polar surface area (TPSA) is 495 Å². The third-order valence-corrected chi connectivity index (χ3v) is 16.7. The molecule has 28 nitrogen and oxygen atoms in total. The molecule has 536 valence electrons. The fraction of sp³-hybridized carbons (Fsp3) is 0.465. The molecule has 12 amide bonds. The smallest absolute Gasteiger partial charge is 0.243 e. The van der Waals surface area contributed by atoms with E-state index >= 15 is 0 Å². The second kappa shape index (κ2) is 41.4. The van der Waals surface area contributed by atoms with Gasteiger partial charge in [0.05, 0.1) is 12.5 Å². The van der Waals surface area contributed by atoms with Crippen molar-refractivity contribution in [3.63, 3.8) is 0 Å². The average molecular weight is 1370 g/mol. The molecule has 0 aliphatic carbocycles. The molecule has 10 atom stereocenters. The monoisotopic (exact) mass is 1370 g/mol. The molecule has 0 saturated carbocycles. The number of unbranched alkanes of at least 4 members (excludes halogenated alkanes) is 3. The van der Waals surface area contributed by atoms with E-state index in [0.717, 1.165) is 16.2 Å². The number of hydrogen-bond acceptors (Lipinski definition) is 16. The van der Waals surface area contributed by atoms with Gasteiger partial charge in [0.2, 0.25) is 70.9 Å². The van der Waals surface area contributed by atoms with Crippen LogP contribution in [0.3, 0.4) is 0 Å². The highest BCUT2D eigenvalue weighted by atomic mass is 16.2. The molecule has 99 heavy (non-hydrogen) atoms. The van der Waals surface area contributed by atoms with E-state index in [9.17, 15) is 57.5 Å². The van der Waals surface area contributed by atoms with Gasteiger partial charge in [-0.25, -0.2) is 0 Å². The average Bonchev–Trinajstić information content (AvgIpc) is 0.832. The van der Waals surface area contributed by atoms with E-state index in [4.69, 9.17) is 40.1 Å². The van der Waals surface area contributed by atoms with Gasteiger partial charge >= 0.3 is 0 Å². The van der Waals surface area contributed by atoms with E-state index in [1.165, 1.54) is 6.92 Å². The van der Waals surface area contributed by atoms with Crippen molar-refractivity contribution in [1.29, 1.82) is 0 Å². The van der Waals surface area contributed by atoms with Gasteiger partial charge in [0.1, 0.15) is 54.4 Å². The number of rotatable bonds is 44. The summed E-state index contributed by atoms with van der Waals surface area (Å²) >= 11 is 0. The van der Waals surface area contributed by atoms with Crippen LogP contribution >= 0.6 is 0 Å². The molecule has 0 saturated heterocycles. The zero-order valence-electron chi connectivity index (χ0n) is 56.7. The molecule has 28 heteroatoms. The Balaban J connectivity index is 1.42. The maximum Gasteiger partial charge on any atom is 0.243 e. The van der Waals surface area contributed by atoms with Crippen LogP contribution in [0.5, 0.6) is 0 Å². The van der Waals surface area contributed by atoms with Crippen LogP contribution in [0.4, 0.5) is 0 Å². The molecule has 0 bridgehead atoms. The zero-order chi connectivity index (χ0) is 72.6. The lowest BCUT2D eigenvalue weighted by molar-refractivity contribution is -0.136. The summed E-state index contributed by atoms with van der Waals surface area (Å²) in [5.41, 5.74) is 42.2. The molecule has 0 heterocycles. The normalized spacial score (nSPS) is 14.3. The first-order valence-electron chi connectivity index (χ1n) is 33.7. The van der Waals surface area contributed by atoms with Gasteiger partial charge in [-0.2, -0.15) is 0 Å². The minimum Gasteiger partial charge on any atom is -0.370 e. The van der Waals surface area contributed by atoms with Crippen molar-refractivity contribution >= 4 is 92.4 Å². The largest absolute Gasteiger partial charge is 0.370 e. The molecule has 5 aromatic carbocycles. The third-order valence-electron chi connectivity index (χ3n) is 16.7. The maximum absolute atomic E-state index is 15.0. The van der Waals surface area contributed by atoms with Crippen LogP contribution in [-0.2, 0) is 76.8 Å². The molecule has 0 radical (unpaired) electrons. The quantitative estimate of drug-likeness (QED) is 0.0224. The van der Waals surface area contributed by atoms with Crippen molar-refractivity contribution in [2.75, 3.05) is 19.6 Å². The van der Waals surface area contributed by atoms with Crippen LogP contribution in [0.25, 0.3) is 21.5 Å². The summed E-state index contributed by atoms with van der Waals surface area (Å²) < 4.78 is 0. The van der Waals surface area contributed by atoms with Crippen LogP contribution in [0.1, 0.15) is 121 Å². The Morgan fingerprint density at radius 1 is 0.354 bits per heavy atom. The number of amides is 12. The van der Waals surface area contributed by atoms with Gasteiger partial charge in [-0.05, 0) is 135 Å². The Labute approximate surface area is 577 Å². The molecule has 0 aliphatic heterocycles. The highest BCUT2D eigenvalue weighted by molar-refractivity contribution is 6.00. The van der Waals surface area contributed by atoms with Crippen LogP contribution < -0.4 is 88.0 Å². The predicted octanol–water partition coefficient (Wildman–Crippen LogP) is -0.209. The summed E-state index contributed by atoms with van der Waals surface area (Å²) in [7, 11) is 0. The first-order chi connectivity index (χ1) is 47.3. The van der Waals surface area contributed by atoms with Gasteiger partial charge in [-0.15, -0.1) is 0 Å². The number of benzene rings is 5. The molecule has 0 unspecified atom stereocenters. The number of nitrogens with one attached hydrogen (secondary N) is 9. The Morgan fingerprint density at radius 2 is 0.737 bits per heavy atom. The molecule has 0 aromatic heterocycles. The number of carbonyl (C=O) groups excluding carboxylic acids is 12. The van der Waals surface area contributed by atoms with E-state index in [1.54, 1.807) is 72.8 Å². The molecule has 23 N–H and O–H groups in total. The second-order valence-electron chi connectivity index (χ2n) is 25.3. The van der Waals surface area contributed by atoms with Crippen molar-refractivity contribution in [2.24, 2.45) is 46.1 Å². The SMILES string of the molecule is CC(C)C[C@@H](NC(=O)[C@H](N)CCCCN)C(=O)N[C@@H](Cc1ccccc1)C(=O)N[C@@H](CC(N)=O)C(=O)N[C@@H](Cc1cccc2ccccc12)C(=O)N[C@@H](CCC(N)=O)C(=O)N[C@@H](C)C(=O)N[C@@H](CCCCN)C(=O)N[C@H](Cc1cccc2ccccc12)C(=O)N[C@H](CCCCN)C(N)=O. The maximum atomic E-state index is 15.0. The number of nitrogens with two attached hydrogens (primary N) is 7. The van der Waals surface area contributed by atoms with Crippen molar-refractivity contribution in [3.8, 4) is 0 Å². The molecular weight excluding hydrogens is 1270 g/mol. The van der Waals surface area contributed by atoms with Gasteiger partial charge in [0.25, 0.3) is 0 Å². The van der Waals surface area contributed by atoms with Crippen LogP contribution in [0.2, 0.25) is 0 Å². The molecule has 0 aliphatic rings. The molecule has 0 fully saturated rings. The Hall–Kier alpha value is -9.90. The first kappa shape index (κ1) is 79.8. The minimum absolute atomic E-state index is 0.0173. The summed E-state index contributed by atoms with van der Waals surface area (Å²) in [6, 6.07) is 20.1. The third kappa shape index (κ3) is 26.8. The van der Waals surface area contributed by atoms with Crippen LogP contribution in [0, 0.1) is 5.92 Å². The minimum atomic E-state index is -1.79. The number of hydrogen-bond donors (Lipinski definition) is 16. The summed E-state index contributed by atoms with van der Waals surface area (Å²) in [6.07, 6.45) is 1.49. The standard InChI is InChI=1S/C71H100N16O12/c1-42(2)37-55(83-64(92)51(75)29-11-14-34-72)67(95)84-56(38-44-19-5-4-6-20-44)68(96)87-59(41-61(77)89)71(99)86-58(40-48-26-18-24-46-22-8-10-28-50(46)48)70(98)82-54(32-33-60(76)88)65(93)79-43(3)63(91)81-53(31-13-16-36-74)66(94)85-57(69(97)80-52(62(78)90)30-12-15-35-73)39-47-25-17-23-45-21-7-9-27-49(45)47/h4-10,17-28,42-43,51-59H,11-16,29-41,72-75H2,1-3H3,(H2,76,88)(H2,77,89)(H2,78,90)(H,79,93)(H,80,97)(H,81,91)(H,82,98)(H,83,92)(H,84,95)(H,85,94)(H,86,99)(H,87,96)/t43-,51+,52+,53-,54-,55+,56-,57+,58-,59-/m0/s1. The van der Waals surface area contributed by atoms with Crippen molar-refractivity contribution in [2.45, 2.75) is 184 Å². The van der Waals surface area contributed by atoms with Crippen molar-refractivity contribution < 1.29 is 57.5 Å². The zero-order valence-corrected chi connectivity index (χ0v) is 56.7. The summed E-state index contributed by atoms with van der Waals surface area (Å²) in [5, 5.41) is 27.0.